The Labute approximate surface area is 188 Å². The third-order valence-corrected chi connectivity index (χ3v) is 5.20. The highest BCUT2D eigenvalue weighted by Gasteiger charge is 2.20. The second-order valence-electron chi connectivity index (χ2n) is 7.70. The maximum absolute atomic E-state index is 13.1. The van der Waals surface area contributed by atoms with Gasteiger partial charge in [-0.2, -0.15) is 0 Å². The Morgan fingerprint density at radius 3 is 2.34 bits per heavy atom. The second-order valence-corrected chi connectivity index (χ2v) is 7.70. The molecule has 2 heterocycles. The molecular weight excluding hydrogens is 404 g/mol. The first-order valence-electron chi connectivity index (χ1n) is 10.7. The van der Waals surface area contributed by atoms with E-state index in [0.717, 1.165) is 41.6 Å². The predicted octanol–water partition coefficient (Wildman–Crippen LogP) is 5.25. The van der Waals surface area contributed by atoms with Crippen molar-refractivity contribution in [2.24, 2.45) is 0 Å². The zero-order valence-corrected chi connectivity index (χ0v) is 19.0. The van der Waals surface area contributed by atoms with Crippen LogP contribution in [0.15, 0.2) is 48.7 Å². The van der Waals surface area contributed by atoms with Crippen molar-refractivity contribution in [2.45, 2.75) is 46.6 Å². The number of rotatable bonds is 8. The van der Waals surface area contributed by atoms with E-state index < -0.39 is 11.9 Å². The molecule has 0 amide bonds. The van der Waals surface area contributed by atoms with Gasteiger partial charge in [-0.25, -0.2) is 9.59 Å². The number of methoxy groups -OCH3 is 1. The quantitative estimate of drug-likeness (QED) is 0.453. The minimum Gasteiger partial charge on any atom is -0.465 e. The summed E-state index contributed by atoms with van der Waals surface area (Å²) in [6.07, 6.45) is 4.38. The van der Waals surface area contributed by atoms with E-state index in [1.807, 2.05) is 44.2 Å². The van der Waals surface area contributed by atoms with Gasteiger partial charge in [-0.05, 0) is 56.0 Å². The summed E-state index contributed by atoms with van der Waals surface area (Å²) in [6, 6.07) is 13.3. The van der Waals surface area contributed by atoms with Gasteiger partial charge in [-0.15, -0.1) is 0 Å². The van der Waals surface area contributed by atoms with Crippen molar-refractivity contribution in [2.75, 3.05) is 7.11 Å². The summed E-state index contributed by atoms with van der Waals surface area (Å²) in [5, 5.41) is 0. The fourth-order valence-corrected chi connectivity index (χ4v) is 3.40. The number of benzene rings is 1. The zero-order chi connectivity index (χ0) is 23.1. The highest BCUT2D eigenvalue weighted by molar-refractivity contribution is 5.98. The van der Waals surface area contributed by atoms with E-state index in [0.29, 0.717) is 22.5 Å². The summed E-state index contributed by atoms with van der Waals surface area (Å²) >= 11 is 0. The van der Waals surface area contributed by atoms with Crippen LogP contribution in [0.2, 0.25) is 0 Å². The summed E-state index contributed by atoms with van der Waals surface area (Å²) in [5.41, 5.74) is 5.87. The van der Waals surface area contributed by atoms with Crippen molar-refractivity contribution in [1.29, 1.82) is 0 Å². The number of ether oxygens (including phenoxy) is 2. The molecule has 0 unspecified atom stereocenters. The van der Waals surface area contributed by atoms with Gasteiger partial charge in [0.1, 0.15) is 6.61 Å². The van der Waals surface area contributed by atoms with Gasteiger partial charge in [-0.3, -0.25) is 9.97 Å². The lowest BCUT2D eigenvalue weighted by atomic mass is 9.96. The number of carbonyl (C=O) groups is 2. The van der Waals surface area contributed by atoms with Gasteiger partial charge >= 0.3 is 11.9 Å². The molecule has 0 aliphatic carbocycles. The Morgan fingerprint density at radius 2 is 1.72 bits per heavy atom. The van der Waals surface area contributed by atoms with Crippen molar-refractivity contribution < 1.29 is 19.1 Å². The molecule has 0 saturated heterocycles. The van der Waals surface area contributed by atoms with Crippen LogP contribution in [0.1, 0.15) is 63.1 Å². The van der Waals surface area contributed by atoms with Gasteiger partial charge in [0.05, 0.1) is 29.6 Å². The second kappa shape index (κ2) is 10.7. The molecule has 1 aromatic carbocycles. The van der Waals surface area contributed by atoms with Crippen molar-refractivity contribution in [3.63, 3.8) is 0 Å². The fraction of sp³-hybridized carbons (Fsp3) is 0.308. The molecule has 6 nitrogen and oxygen atoms in total. The number of aryl methyl sites for hydroxylation is 3. The molecular formula is C26H28N2O4. The summed E-state index contributed by atoms with van der Waals surface area (Å²) < 4.78 is 10.2. The Hall–Kier alpha value is -3.54. The molecule has 0 aliphatic heterocycles. The summed E-state index contributed by atoms with van der Waals surface area (Å²) in [7, 11) is 1.31. The van der Waals surface area contributed by atoms with E-state index >= 15 is 0 Å². The first-order valence-corrected chi connectivity index (χ1v) is 10.7. The molecule has 2 aromatic heterocycles. The molecule has 0 fully saturated rings. The molecule has 0 atom stereocenters. The van der Waals surface area contributed by atoms with Gasteiger partial charge in [0.15, 0.2) is 0 Å². The summed E-state index contributed by atoms with van der Waals surface area (Å²) in [5.74, 6) is -0.917. The zero-order valence-electron chi connectivity index (χ0n) is 19.0. The SMILES string of the molecule is CCCCc1cc(-c2ccc(C)cc2)c(C(=O)OCc2ccc(C(=O)OC)cn2)c(C)n1. The van der Waals surface area contributed by atoms with Crippen LogP contribution in [0.25, 0.3) is 11.1 Å². The third-order valence-electron chi connectivity index (χ3n) is 5.20. The molecule has 0 radical (unpaired) electrons. The standard InChI is InChI=1S/C26H28N2O4/c1-5-6-7-21-14-23(19-10-8-17(2)9-11-19)24(18(3)28-21)26(30)32-16-22-13-12-20(15-27-22)25(29)31-4/h8-15H,5-7,16H2,1-4H3. The Kier molecular flexibility index (Phi) is 7.71. The number of hydrogen-bond acceptors (Lipinski definition) is 6. The molecule has 3 aromatic rings. The Balaban J connectivity index is 1.87. The van der Waals surface area contributed by atoms with E-state index in [1.54, 1.807) is 12.1 Å². The monoisotopic (exact) mass is 432 g/mol. The molecule has 32 heavy (non-hydrogen) atoms. The number of aromatic nitrogens is 2. The maximum atomic E-state index is 13.1. The van der Waals surface area contributed by atoms with Crippen LogP contribution in [0, 0.1) is 13.8 Å². The maximum Gasteiger partial charge on any atom is 0.341 e. The highest BCUT2D eigenvalue weighted by Crippen LogP contribution is 2.28. The molecule has 0 N–H and O–H groups in total. The Morgan fingerprint density at radius 1 is 0.969 bits per heavy atom. The van der Waals surface area contributed by atoms with Crippen LogP contribution >= 0.6 is 0 Å². The van der Waals surface area contributed by atoms with E-state index in [-0.39, 0.29) is 6.61 Å². The molecule has 166 valence electrons. The van der Waals surface area contributed by atoms with E-state index in [4.69, 9.17) is 4.74 Å². The number of carbonyl (C=O) groups excluding carboxylic acids is 2. The summed E-state index contributed by atoms with van der Waals surface area (Å²) in [6.45, 7) is 6.00. The smallest absolute Gasteiger partial charge is 0.341 e. The minimum atomic E-state index is -0.464. The summed E-state index contributed by atoms with van der Waals surface area (Å²) in [4.78, 5) is 33.5. The lowest BCUT2D eigenvalue weighted by Gasteiger charge is -2.15. The first kappa shape index (κ1) is 23.1. The van der Waals surface area contributed by atoms with Crippen LogP contribution in [0.5, 0.6) is 0 Å². The number of pyridine rings is 2. The van der Waals surface area contributed by atoms with Crippen LogP contribution < -0.4 is 0 Å². The predicted molar refractivity (Wildman–Crippen MR) is 122 cm³/mol. The van der Waals surface area contributed by atoms with Crippen LogP contribution in [0.4, 0.5) is 0 Å². The van der Waals surface area contributed by atoms with Crippen LogP contribution in [-0.2, 0) is 22.5 Å². The van der Waals surface area contributed by atoms with Crippen molar-refractivity contribution in [3.8, 4) is 11.1 Å². The average Bonchev–Trinajstić information content (AvgIpc) is 2.81. The highest BCUT2D eigenvalue weighted by atomic mass is 16.5. The number of hydrogen-bond donors (Lipinski definition) is 0. The van der Waals surface area contributed by atoms with Crippen molar-refractivity contribution in [3.05, 3.63) is 82.4 Å². The number of nitrogens with zero attached hydrogens (tertiary/aromatic N) is 2. The van der Waals surface area contributed by atoms with Gasteiger partial charge in [0.2, 0.25) is 0 Å². The molecule has 0 saturated carbocycles. The topological polar surface area (TPSA) is 78.4 Å². The van der Waals surface area contributed by atoms with Crippen molar-refractivity contribution in [1.82, 2.24) is 9.97 Å². The van der Waals surface area contributed by atoms with Crippen LogP contribution in [-0.4, -0.2) is 29.0 Å². The molecule has 0 bridgehead atoms. The number of unbranched alkanes of at least 4 members (excludes halogenated alkanes) is 1. The van der Waals surface area contributed by atoms with Crippen molar-refractivity contribution >= 4 is 11.9 Å². The number of esters is 2. The molecule has 0 aliphatic rings. The Bertz CT molecular complexity index is 1090. The lowest BCUT2D eigenvalue weighted by molar-refractivity contribution is 0.0465. The molecule has 3 rings (SSSR count). The fourth-order valence-electron chi connectivity index (χ4n) is 3.40. The average molecular weight is 433 g/mol. The van der Waals surface area contributed by atoms with Gasteiger partial charge < -0.3 is 9.47 Å². The minimum absolute atomic E-state index is 0.00928. The lowest BCUT2D eigenvalue weighted by Crippen LogP contribution is -2.12. The van der Waals surface area contributed by atoms with E-state index in [1.165, 1.54) is 13.3 Å². The van der Waals surface area contributed by atoms with E-state index in [9.17, 15) is 9.59 Å². The first-order chi connectivity index (χ1) is 15.4. The molecule has 6 heteroatoms. The van der Waals surface area contributed by atoms with E-state index in [2.05, 4.69) is 21.6 Å². The van der Waals surface area contributed by atoms with Gasteiger partial charge in [0.25, 0.3) is 0 Å². The third kappa shape index (κ3) is 5.58. The molecule has 0 spiro atoms. The largest absolute Gasteiger partial charge is 0.465 e. The van der Waals surface area contributed by atoms with Gasteiger partial charge in [-0.1, -0.05) is 43.2 Å². The van der Waals surface area contributed by atoms with Crippen LogP contribution in [0.3, 0.4) is 0 Å². The van der Waals surface area contributed by atoms with Gasteiger partial charge in [0, 0.05) is 11.9 Å². The normalized spacial score (nSPS) is 10.6.